The Morgan fingerprint density at radius 2 is 2.22 bits per heavy atom. The number of hydrogen-bond acceptors (Lipinski definition) is 4. The molecule has 0 aliphatic heterocycles. The van der Waals surface area contributed by atoms with Crippen molar-refractivity contribution in [2.24, 2.45) is 0 Å². The molecule has 1 unspecified atom stereocenters. The second-order valence-corrected chi connectivity index (χ2v) is 6.50. The average molecular weight is 266 g/mol. The molecule has 1 heterocycles. The van der Waals surface area contributed by atoms with Gasteiger partial charge in [-0.25, -0.2) is 4.98 Å². The molecule has 0 spiro atoms. The second kappa shape index (κ2) is 5.17. The standard InChI is InChI=1S/C14H22N2OS/c1-2-3-9-16(10-7-8-10)14-15-11-5-4-6-12(17)13(11)18-14/h10,12,17H,2-9H2,1H3. The smallest absolute Gasteiger partial charge is 0.186 e. The van der Waals surface area contributed by atoms with Crippen LogP contribution in [0.25, 0.3) is 0 Å². The van der Waals surface area contributed by atoms with Crippen molar-refractivity contribution in [2.45, 2.75) is 64.0 Å². The zero-order chi connectivity index (χ0) is 12.5. The molecule has 0 saturated heterocycles. The molecule has 1 aromatic rings. The molecule has 0 radical (unpaired) electrons. The highest BCUT2D eigenvalue weighted by atomic mass is 32.1. The van der Waals surface area contributed by atoms with E-state index < -0.39 is 0 Å². The number of aliphatic hydroxyl groups excluding tert-OH is 1. The molecule has 1 N–H and O–H groups in total. The van der Waals surface area contributed by atoms with Gasteiger partial charge in [-0.1, -0.05) is 24.7 Å². The van der Waals surface area contributed by atoms with E-state index in [0.29, 0.717) is 0 Å². The maximum atomic E-state index is 10.0. The Kier molecular flexibility index (Phi) is 3.57. The highest BCUT2D eigenvalue weighted by molar-refractivity contribution is 7.15. The molecule has 0 amide bonds. The fourth-order valence-corrected chi connectivity index (χ4v) is 3.89. The van der Waals surface area contributed by atoms with Gasteiger partial charge in [0, 0.05) is 12.6 Å². The Hall–Kier alpha value is -0.610. The van der Waals surface area contributed by atoms with Gasteiger partial charge in [0.25, 0.3) is 0 Å². The molecule has 0 aromatic carbocycles. The van der Waals surface area contributed by atoms with Crippen LogP contribution in [0.4, 0.5) is 5.13 Å². The number of aromatic nitrogens is 1. The zero-order valence-electron chi connectivity index (χ0n) is 11.1. The van der Waals surface area contributed by atoms with Crippen LogP contribution < -0.4 is 4.90 Å². The third-order valence-corrected chi connectivity index (χ3v) is 5.13. The van der Waals surface area contributed by atoms with Gasteiger partial charge in [0.2, 0.25) is 0 Å². The minimum Gasteiger partial charge on any atom is -0.388 e. The molecule has 1 fully saturated rings. The van der Waals surface area contributed by atoms with Gasteiger partial charge in [0.15, 0.2) is 5.13 Å². The van der Waals surface area contributed by atoms with Crippen LogP contribution >= 0.6 is 11.3 Å². The fourth-order valence-electron chi connectivity index (χ4n) is 2.66. The summed E-state index contributed by atoms with van der Waals surface area (Å²) in [5, 5.41) is 11.2. The maximum absolute atomic E-state index is 10.0. The van der Waals surface area contributed by atoms with Crippen molar-refractivity contribution in [3.05, 3.63) is 10.6 Å². The van der Waals surface area contributed by atoms with Crippen LogP contribution in [0.3, 0.4) is 0 Å². The third-order valence-electron chi connectivity index (χ3n) is 3.90. The molecule has 0 bridgehead atoms. The minimum atomic E-state index is -0.257. The second-order valence-electron chi connectivity index (χ2n) is 5.49. The lowest BCUT2D eigenvalue weighted by molar-refractivity contribution is 0.160. The van der Waals surface area contributed by atoms with Crippen molar-refractivity contribution < 1.29 is 5.11 Å². The van der Waals surface area contributed by atoms with E-state index in [2.05, 4.69) is 11.8 Å². The van der Waals surface area contributed by atoms with Crippen molar-refractivity contribution in [2.75, 3.05) is 11.4 Å². The summed E-state index contributed by atoms with van der Waals surface area (Å²) in [5.41, 5.74) is 1.16. The molecular formula is C14H22N2OS. The largest absolute Gasteiger partial charge is 0.388 e. The number of rotatable bonds is 5. The van der Waals surface area contributed by atoms with Gasteiger partial charge in [-0.15, -0.1) is 0 Å². The number of hydrogen-bond donors (Lipinski definition) is 1. The van der Waals surface area contributed by atoms with Gasteiger partial charge in [0.1, 0.15) is 0 Å². The van der Waals surface area contributed by atoms with E-state index in [-0.39, 0.29) is 6.10 Å². The van der Waals surface area contributed by atoms with Crippen LogP contribution in [0.1, 0.15) is 62.1 Å². The number of fused-ring (bicyclic) bond motifs is 1. The van der Waals surface area contributed by atoms with Crippen LogP contribution in [-0.4, -0.2) is 22.7 Å². The van der Waals surface area contributed by atoms with Crippen LogP contribution in [0, 0.1) is 0 Å². The van der Waals surface area contributed by atoms with Crippen LogP contribution in [-0.2, 0) is 6.42 Å². The minimum absolute atomic E-state index is 0.257. The number of thiazole rings is 1. The highest BCUT2D eigenvalue weighted by Gasteiger charge is 2.32. The molecule has 2 aliphatic carbocycles. The highest BCUT2D eigenvalue weighted by Crippen LogP contribution is 2.40. The SMILES string of the molecule is CCCCN(c1nc2c(s1)C(O)CCC2)C1CC1. The van der Waals surface area contributed by atoms with E-state index >= 15 is 0 Å². The van der Waals surface area contributed by atoms with E-state index in [1.807, 2.05) is 0 Å². The van der Waals surface area contributed by atoms with Crippen molar-refractivity contribution >= 4 is 16.5 Å². The molecular weight excluding hydrogens is 244 g/mol. The van der Waals surface area contributed by atoms with Crippen LogP contribution in [0.5, 0.6) is 0 Å². The maximum Gasteiger partial charge on any atom is 0.186 e. The van der Waals surface area contributed by atoms with Gasteiger partial charge in [-0.2, -0.15) is 0 Å². The van der Waals surface area contributed by atoms with Gasteiger partial charge >= 0.3 is 0 Å². The molecule has 1 atom stereocenters. The third kappa shape index (κ3) is 2.41. The predicted octanol–water partition coefficient (Wildman–Crippen LogP) is 3.28. The summed E-state index contributed by atoms with van der Waals surface area (Å²) in [6, 6.07) is 0.723. The lowest BCUT2D eigenvalue weighted by Gasteiger charge is -2.20. The van der Waals surface area contributed by atoms with Gasteiger partial charge in [0.05, 0.1) is 16.7 Å². The summed E-state index contributed by atoms with van der Waals surface area (Å²) in [6.07, 6.45) is 7.89. The summed E-state index contributed by atoms with van der Waals surface area (Å²) in [7, 11) is 0. The van der Waals surface area contributed by atoms with E-state index in [1.165, 1.54) is 25.7 Å². The van der Waals surface area contributed by atoms with E-state index in [4.69, 9.17) is 4.98 Å². The Morgan fingerprint density at radius 1 is 1.39 bits per heavy atom. The fraction of sp³-hybridized carbons (Fsp3) is 0.786. The Morgan fingerprint density at radius 3 is 2.89 bits per heavy atom. The first kappa shape index (κ1) is 12.4. The quantitative estimate of drug-likeness (QED) is 0.888. The van der Waals surface area contributed by atoms with Gasteiger partial charge < -0.3 is 10.0 Å². The van der Waals surface area contributed by atoms with E-state index in [9.17, 15) is 5.11 Å². The zero-order valence-corrected chi connectivity index (χ0v) is 11.9. The summed E-state index contributed by atoms with van der Waals surface area (Å²) in [5.74, 6) is 0. The number of anilines is 1. The predicted molar refractivity (Wildman–Crippen MR) is 75.3 cm³/mol. The van der Waals surface area contributed by atoms with E-state index in [0.717, 1.165) is 47.6 Å². The number of unbranched alkanes of at least 4 members (excludes halogenated alkanes) is 1. The van der Waals surface area contributed by atoms with Gasteiger partial charge in [-0.05, 0) is 38.5 Å². The summed E-state index contributed by atoms with van der Waals surface area (Å²) in [6.45, 7) is 3.37. The number of nitrogens with zero attached hydrogens (tertiary/aromatic N) is 2. The number of aliphatic hydroxyl groups is 1. The van der Waals surface area contributed by atoms with Crippen molar-refractivity contribution in [3.8, 4) is 0 Å². The Labute approximate surface area is 113 Å². The summed E-state index contributed by atoms with van der Waals surface area (Å²) < 4.78 is 0. The molecule has 1 saturated carbocycles. The van der Waals surface area contributed by atoms with Gasteiger partial charge in [-0.3, -0.25) is 0 Å². The lowest BCUT2D eigenvalue weighted by Crippen LogP contribution is -2.26. The lowest BCUT2D eigenvalue weighted by atomic mass is 10.0. The topological polar surface area (TPSA) is 36.4 Å². The monoisotopic (exact) mass is 266 g/mol. The number of aryl methyl sites for hydroxylation is 1. The summed E-state index contributed by atoms with van der Waals surface area (Å²) in [4.78, 5) is 8.42. The first-order valence-corrected chi connectivity index (χ1v) is 8.05. The molecule has 4 heteroatoms. The van der Waals surface area contributed by atoms with Crippen molar-refractivity contribution in [1.29, 1.82) is 0 Å². The first-order valence-electron chi connectivity index (χ1n) is 7.24. The van der Waals surface area contributed by atoms with Crippen molar-refractivity contribution in [3.63, 3.8) is 0 Å². The molecule has 3 nitrogen and oxygen atoms in total. The summed E-state index contributed by atoms with van der Waals surface area (Å²) >= 11 is 1.74. The Balaban J connectivity index is 1.81. The van der Waals surface area contributed by atoms with E-state index in [1.54, 1.807) is 11.3 Å². The molecule has 1 aromatic heterocycles. The average Bonchev–Trinajstić information content (AvgIpc) is 3.09. The molecule has 18 heavy (non-hydrogen) atoms. The van der Waals surface area contributed by atoms with Crippen LogP contribution in [0.2, 0.25) is 0 Å². The van der Waals surface area contributed by atoms with Crippen molar-refractivity contribution in [1.82, 2.24) is 4.98 Å². The normalized spacial score (nSPS) is 22.9. The molecule has 3 rings (SSSR count). The molecule has 2 aliphatic rings. The first-order chi connectivity index (χ1) is 8.79. The van der Waals surface area contributed by atoms with Crippen LogP contribution in [0.15, 0.2) is 0 Å². The Bertz CT molecular complexity index is 414. The molecule has 100 valence electrons.